The average molecular weight is 401 g/mol. The fourth-order valence-corrected chi connectivity index (χ4v) is 4.15. The maximum absolute atomic E-state index is 11.8. The van der Waals surface area contributed by atoms with E-state index in [1.165, 1.54) is 12.3 Å². The summed E-state index contributed by atoms with van der Waals surface area (Å²) in [6, 6.07) is 1.27. The molecule has 1 aliphatic rings. The van der Waals surface area contributed by atoms with Gasteiger partial charge in [-0.25, -0.2) is 13.7 Å². The molecule has 0 bridgehead atoms. The van der Waals surface area contributed by atoms with Gasteiger partial charge in [0.15, 0.2) is 6.23 Å². The Morgan fingerprint density at radius 2 is 2.00 bits per heavy atom. The van der Waals surface area contributed by atoms with Crippen LogP contribution in [0.2, 0.25) is 0 Å². The molecule has 142 valence electrons. The first-order valence-corrected chi connectivity index (χ1v) is 10.3. The number of aliphatic hydroxyl groups excluding tert-OH is 2. The Bertz CT molecular complexity index is 778. The standard InChI is InChI=1S/C10H17N3O10P2/c1-24(17,18)23-25(19,20)21-4-5-7(14)8(15)9(22-5)13-3-2-6(11)12-10(13)16/h2-3,5,7-9,14-15H,4H2,1H3,(H,17,18)(H,19,20)(H2,11,12,16)/t5-,7-,8-,9-/m1/s1. The maximum Gasteiger partial charge on any atom is 0.479 e. The van der Waals surface area contributed by atoms with E-state index in [0.29, 0.717) is 6.66 Å². The van der Waals surface area contributed by atoms with Crippen molar-refractivity contribution in [3.8, 4) is 0 Å². The fraction of sp³-hybridized carbons (Fsp3) is 0.600. The predicted octanol–water partition coefficient (Wildman–Crippen LogP) is -1.61. The summed E-state index contributed by atoms with van der Waals surface area (Å²) in [5.41, 5.74) is 4.50. The molecule has 0 radical (unpaired) electrons. The summed E-state index contributed by atoms with van der Waals surface area (Å²) in [5, 5.41) is 19.9. The van der Waals surface area contributed by atoms with Gasteiger partial charge in [-0.3, -0.25) is 13.7 Å². The first kappa shape index (κ1) is 20.2. The monoisotopic (exact) mass is 401 g/mol. The van der Waals surface area contributed by atoms with Crippen LogP contribution in [0.3, 0.4) is 0 Å². The molecule has 0 spiro atoms. The lowest BCUT2D eigenvalue weighted by molar-refractivity contribution is -0.0540. The van der Waals surface area contributed by atoms with Crippen LogP contribution in [0.25, 0.3) is 0 Å². The zero-order chi connectivity index (χ0) is 19.0. The number of hydrogen-bond donors (Lipinski definition) is 5. The third-order valence-electron chi connectivity index (χ3n) is 3.12. The topological polar surface area (TPSA) is 204 Å². The Labute approximate surface area is 140 Å². The predicted molar refractivity (Wildman–Crippen MR) is 81.4 cm³/mol. The maximum atomic E-state index is 11.8. The number of phosphoric ester groups is 1. The number of nitrogens with two attached hydrogens (primary N) is 1. The van der Waals surface area contributed by atoms with Crippen molar-refractivity contribution in [1.82, 2.24) is 9.55 Å². The van der Waals surface area contributed by atoms with Crippen LogP contribution >= 0.6 is 15.4 Å². The zero-order valence-corrected chi connectivity index (χ0v) is 14.6. The number of hydrogen-bond acceptors (Lipinski definition) is 10. The van der Waals surface area contributed by atoms with Crippen LogP contribution in [0, 0.1) is 0 Å². The van der Waals surface area contributed by atoms with Crippen LogP contribution in [0.5, 0.6) is 0 Å². The normalized spacial score (nSPS) is 31.4. The summed E-state index contributed by atoms with van der Waals surface area (Å²) in [4.78, 5) is 33.5. The van der Waals surface area contributed by atoms with Crippen LogP contribution in [0.1, 0.15) is 6.23 Å². The first-order chi connectivity index (χ1) is 11.4. The summed E-state index contributed by atoms with van der Waals surface area (Å²) >= 11 is 0. The number of phosphoric acid groups is 1. The quantitative estimate of drug-likeness (QED) is 0.342. The lowest BCUT2D eigenvalue weighted by Gasteiger charge is -2.18. The Balaban J connectivity index is 2.08. The SMILES string of the molecule is CP(=O)(O)OP(=O)(O)OC[C@H]1O[C@@H](n2ccc(N)nc2=O)[C@H](O)[C@@H]1O. The third kappa shape index (κ3) is 5.17. The van der Waals surface area contributed by atoms with Crippen molar-refractivity contribution in [3.05, 3.63) is 22.7 Å². The van der Waals surface area contributed by atoms with Crippen molar-refractivity contribution in [2.75, 3.05) is 19.0 Å². The van der Waals surface area contributed by atoms with Gasteiger partial charge in [-0.2, -0.15) is 4.98 Å². The number of nitrogen functional groups attached to an aromatic ring is 1. The van der Waals surface area contributed by atoms with E-state index in [1.54, 1.807) is 0 Å². The van der Waals surface area contributed by atoms with E-state index >= 15 is 0 Å². The van der Waals surface area contributed by atoms with Crippen LogP contribution in [0.4, 0.5) is 5.82 Å². The van der Waals surface area contributed by atoms with E-state index in [0.717, 1.165) is 4.57 Å². The highest BCUT2D eigenvalue weighted by Crippen LogP contribution is 2.58. The average Bonchev–Trinajstić information content (AvgIpc) is 2.71. The molecule has 1 aliphatic heterocycles. The molecule has 1 aromatic heterocycles. The molecule has 1 aromatic rings. The van der Waals surface area contributed by atoms with Crippen LogP contribution in [-0.4, -0.2) is 61.1 Å². The van der Waals surface area contributed by atoms with Gasteiger partial charge < -0.3 is 30.5 Å². The summed E-state index contributed by atoms with van der Waals surface area (Å²) in [6.45, 7) is -0.0832. The van der Waals surface area contributed by atoms with Gasteiger partial charge >= 0.3 is 21.1 Å². The summed E-state index contributed by atoms with van der Waals surface area (Å²) in [6.07, 6.45) is -4.65. The Hall–Kier alpha value is -1.14. The van der Waals surface area contributed by atoms with E-state index in [2.05, 4.69) is 13.8 Å². The minimum atomic E-state index is -4.90. The highest BCUT2D eigenvalue weighted by Gasteiger charge is 2.45. The van der Waals surface area contributed by atoms with Crippen LogP contribution in [0.15, 0.2) is 17.1 Å². The van der Waals surface area contributed by atoms with E-state index in [4.69, 9.17) is 15.4 Å². The van der Waals surface area contributed by atoms with E-state index < -0.39 is 52.3 Å². The summed E-state index contributed by atoms with van der Waals surface area (Å²) in [5.74, 6) is -0.0551. The number of aromatic nitrogens is 2. The van der Waals surface area contributed by atoms with E-state index in [-0.39, 0.29) is 5.82 Å². The number of ether oxygens (including phenoxy) is 1. The number of rotatable bonds is 6. The molecule has 15 heteroatoms. The molecule has 2 rings (SSSR count). The van der Waals surface area contributed by atoms with E-state index in [1.807, 2.05) is 0 Å². The smallest absolute Gasteiger partial charge is 0.387 e. The number of nitrogens with zero attached hydrogens (tertiary/aromatic N) is 2. The highest BCUT2D eigenvalue weighted by atomic mass is 31.3. The second kappa shape index (κ2) is 7.23. The van der Waals surface area contributed by atoms with Crippen LogP contribution < -0.4 is 11.4 Å². The molecule has 0 amide bonds. The minimum Gasteiger partial charge on any atom is -0.387 e. The van der Waals surface area contributed by atoms with Gasteiger partial charge in [0.05, 0.1) is 6.61 Å². The molecule has 6 N–H and O–H groups in total. The number of aliphatic hydroxyl groups is 2. The fourth-order valence-electron chi connectivity index (χ4n) is 2.10. The van der Waals surface area contributed by atoms with Crippen molar-refractivity contribution in [1.29, 1.82) is 0 Å². The largest absolute Gasteiger partial charge is 0.479 e. The Morgan fingerprint density at radius 1 is 1.36 bits per heavy atom. The van der Waals surface area contributed by atoms with Gasteiger partial charge in [0.2, 0.25) is 0 Å². The molecule has 25 heavy (non-hydrogen) atoms. The lowest BCUT2D eigenvalue weighted by Crippen LogP contribution is -2.36. The molecule has 2 unspecified atom stereocenters. The highest BCUT2D eigenvalue weighted by molar-refractivity contribution is 7.63. The molecule has 13 nitrogen and oxygen atoms in total. The van der Waals surface area contributed by atoms with Crippen molar-refractivity contribution in [2.24, 2.45) is 0 Å². The third-order valence-corrected chi connectivity index (χ3v) is 5.63. The summed E-state index contributed by atoms with van der Waals surface area (Å²) < 4.78 is 37.1. The first-order valence-electron chi connectivity index (χ1n) is 6.75. The molecular weight excluding hydrogens is 384 g/mol. The van der Waals surface area contributed by atoms with Crippen LogP contribution in [-0.2, 0) is 22.7 Å². The lowest BCUT2D eigenvalue weighted by atomic mass is 10.1. The van der Waals surface area contributed by atoms with Crippen molar-refractivity contribution in [3.63, 3.8) is 0 Å². The molecule has 6 atom stereocenters. The zero-order valence-electron chi connectivity index (χ0n) is 12.8. The Morgan fingerprint density at radius 3 is 2.56 bits per heavy atom. The number of anilines is 1. The van der Waals surface area contributed by atoms with Crippen molar-refractivity contribution in [2.45, 2.75) is 24.5 Å². The summed E-state index contributed by atoms with van der Waals surface area (Å²) in [7, 11) is -9.21. The molecule has 1 saturated heterocycles. The van der Waals surface area contributed by atoms with Gasteiger partial charge in [0, 0.05) is 12.9 Å². The molecule has 0 saturated carbocycles. The molecule has 1 fully saturated rings. The van der Waals surface area contributed by atoms with Crippen molar-refractivity contribution < 1.29 is 42.7 Å². The van der Waals surface area contributed by atoms with Gasteiger partial charge in [0.1, 0.15) is 24.1 Å². The van der Waals surface area contributed by atoms with Gasteiger partial charge in [-0.05, 0) is 6.07 Å². The minimum absolute atomic E-state index is 0.0551. The van der Waals surface area contributed by atoms with Gasteiger partial charge in [-0.15, -0.1) is 0 Å². The second-order valence-electron chi connectivity index (χ2n) is 5.24. The van der Waals surface area contributed by atoms with E-state index in [9.17, 15) is 29.0 Å². The molecule has 0 aromatic carbocycles. The Kier molecular flexibility index (Phi) is 5.84. The van der Waals surface area contributed by atoms with Gasteiger partial charge in [0.25, 0.3) is 0 Å². The second-order valence-corrected chi connectivity index (χ2v) is 8.69. The molecule has 2 heterocycles. The molecule has 0 aliphatic carbocycles. The van der Waals surface area contributed by atoms with Gasteiger partial charge in [-0.1, -0.05) is 0 Å². The van der Waals surface area contributed by atoms with Crippen molar-refractivity contribution >= 4 is 21.2 Å². The molecular formula is C10H17N3O10P2.